The highest BCUT2D eigenvalue weighted by molar-refractivity contribution is 5.96. The molecule has 0 radical (unpaired) electrons. The Balaban J connectivity index is 0.756. The number of rotatable bonds is 31. The van der Waals surface area contributed by atoms with Crippen LogP contribution in [0.4, 0.5) is 14.4 Å². The maximum atomic E-state index is 14.5. The summed E-state index contributed by atoms with van der Waals surface area (Å²) in [4.78, 5) is 125. The van der Waals surface area contributed by atoms with E-state index in [1.165, 1.54) is 57.9 Å². The SMILES string of the molecule is O=C(NCCCCCCn1c(=O)n(CCCCCCNC(=O)N(/C(=N/C2CCCCC2)ON=C2CCCCC2)C2CCCCC2)c(=O)n(CCCCCCNC(=O)N(/C(=N/C2CCCCC2)ON=C2CCCCC2)C2CCCCC2)c1=O)N(/C(=N/C1CCCCC1)OCN=C1CCCCC1)C1CCCCC1. The van der Waals surface area contributed by atoms with Crippen molar-refractivity contribution in [3.63, 3.8) is 0 Å². The van der Waals surface area contributed by atoms with Gasteiger partial charge < -0.3 is 30.4 Å². The third-order valence-corrected chi connectivity index (χ3v) is 24.1. The molecule has 0 unspecified atom stereocenters. The fourth-order valence-corrected chi connectivity index (χ4v) is 17.7. The first-order valence-electron chi connectivity index (χ1n) is 43.7. The third-order valence-electron chi connectivity index (χ3n) is 24.1. The van der Waals surface area contributed by atoms with Gasteiger partial charge in [-0.05, 0) is 193 Å². The van der Waals surface area contributed by atoms with E-state index in [1.54, 1.807) is 9.80 Å². The van der Waals surface area contributed by atoms with Gasteiger partial charge in [0.05, 0.1) is 29.5 Å². The summed E-state index contributed by atoms with van der Waals surface area (Å²) in [5.74, 6) is 0. The predicted molar refractivity (Wildman–Crippen MR) is 424 cm³/mol. The number of carbonyl (C=O) groups is 3. The van der Waals surface area contributed by atoms with Crippen molar-refractivity contribution in [2.24, 2.45) is 30.3 Å². The minimum atomic E-state index is -0.590. The molecule has 1 aromatic heterocycles. The highest BCUT2D eigenvalue weighted by atomic mass is 16.7. The molecule has 9 aliphatic rings. The molecular formula is C82H137N15O9. The van der Waals surface area contributed by atoms with E-state index in [1.807, 2.05) is 4.90 Å². The van der Waals surface area contributed by atoms with Crippen molar-refractivity contribution in [3.8, 4) is 0 Å². The number of ether oxygens (including phenoxy) is 1. The first kappa shape index (κ1) is 82.1. The normalized spacial score (nSPS) is 20.7. The van der Waals surface area contributed by atoms with E-state index in [-0.39, 0.29) is 80.7 Å². The Morgan fingerprint density at radius 1 is 0.321 bits per heavy atom. The van der Waals surface area contributed by atoms with Crippen molar-refractivity contribution < 1.29 is 28.8 Å². The molecule has 6 amide bonds. The molecule has 24 nitrogen and oxygen atoms in total. The van der Waals surface area contributed by atoms with Gasteiger partial charge >= 0.3 is 47.2 Å². The highest BCUT2D eigenvalue weighted by Gasteiger charge is 2.36. The molecule has 594 valence electrons. The quantitative estimate of drug-likeness (QED) is 0.0276. The molecule has 1 heterocycles. The number of hydrogen-bond donors (Lipinski definition) is 3. The van der Waals surface area contributed by atoms with Crippen LogP contribution in [0.2, 0.25) is 0 Å². The maximum absolute atomic E-state index is 14.5. The number of oxime groups is 2. The monoisotopic (exact) mass is 1480 g/mol. The molecule has 0 bridgehead atoms. The molecule has 0 atom stereocenters. The van der Waals surface area contributed by atoms with Crippen molar-refractivity contribution in [1.29, 1.82) is 0 Å². The Kier molecular flexibility index (Phi) is 36.3. The van der Waals surface area contributed by atoms with Gasteiger partial charge in [0.25, 0.3) is 6.02 Å². The second-order valence-electron chi connectivity index (χ2n) is 32.5. The van der Waals surface area contributed by atoms with Gasteiger partial charge in [0.15, 0.2) is 6.73 Å². The summed E-state index contributed by atoms with van der Waals surface area (Å²) in [6.45, 7) is 2.01. The van der Waals surface area contributed by atoms with Crippen LogP contribution < -0.4 is 33.0 Å². The van der Waals surface area contributed by atoms with Crippen LogP contribution in [0, 0.1) is 0 Å². The zero-order valence-corrected chi connectivity index (χ0v) is 65.3. The Morgan fingerprint density at radius 2 is 0.585 bits per heavy atom. The van der Waals surface area contributed by atoms with Crippen molar-refractivity contribution in [3.05, 3.63) is 31.5 Å². The van der Waals surface area contributed by atoms with Crippen LogP contribution in [0.1, 0.15) is 366 Å². The predicted octanol–water partition coefficient (Wildman–Crippen LogP) is 17.0. The molecule has 9 aliphatic carbocycles. The zero-order valence-electron chi connectivity index (χ0n) is 65.3. The number of nitrogens with zero attached hydrogens (tertiary/aromatic N) is 12. The largest absolute Gasteiger partial charge is 0.442 e. The Labute approximate surface area is 633 Å². The van der Waals surface area contributed by atoms with E-state index >= 15 is 0 Å². The number of hydrogen-bond acceptors (Lipinski definition) is 15. The zero-order chi connectivity index (χ0) is 73.6. The van der Waals surface area contributed by atoms with Crippen LogP contribution in [-0.2, 0) is 34.0 Å². The summed E-state index contributed by atoms with van der Waals surface area (Å²) in [6, 6.07) is 0.813. The van der Waals surface area contributed by atoms with Crippen LogP contribution in [-0.4, -0.2) is 144 Å². The lowest BCUT2D eigenvalue weighted by atomic mass is 9.94. The minimum absolute atomic E-state index is 0.00352. The number of aliphatic imine (C=N–C) groups is 4. The summed E-state index contributed by atoms with van der Waals surface area (Å²) < 4.78 is 10.2. The third kappa shape index (κ3) is 27.0. The number of unbranched alkanes of at least 4 members (excludes halogenated alkanes) is 9. The van der Waals surface area contributed by atoms with E-state index in [9.17, 15) is 28.8 Å². The van der Waals surface area contributed by atoms with Gasteiger partial charge in [-0.2, -0.15) is 0 Å². The van der Waals surface area contributed by atoms with Crippen LogP contribution in [0.25, 0.3) is 0 Å². The molecule has 24 heteroatoms. The smallest absolute Gasteiger partial charge is 0.336 e. The summed E-state index contributed by atoms with van der Waals surface area (Å²) in [5, 5.41) is 19.0. The summed E-state index contributed by atoms with van der Waals surface area (Å²) >= 11 is 0. The van der Waals surface area contributed by atoms with E-state index in [0.29, 0.717) is 95.5 Å². The van der Waals surface area contributed by atoms with Gasteiger partial charge in [-0.15, -0.1) is 0 Å². The van der Waals surface area contributed by atoms with Crippen LogP contribution in [0.5, 0.6) is 0 Å². The van der Waals surface area contributed by atoms with Gasteiger partial charge in [-0.25, -0.2) is 72.1 Å². The van der Waals surface area contributed by atoms with Gasteiger partial charge in [0.1, 0.15) is 0 Å². The molecule has 0 aliphatic heterocycles. The van der Waals surface area contributed by atoms with Crippen molar-refractivity contribution >= 4 is 53.3 Å². The molecule has 9 saturated carbocycles. The molecule has 9 fully saturated rings. The topological polar surface area (TPSA) is 265 Å². The highest BCUT2D eigenvalue weighted by Crippen LogP contribution is 2.31. The van der Waals surface area contributed by atoms with Crippen LogP contribution in [0.3, 0.4) is 0 Å². The summed E-state index contributed by atoms with van der Waals surface area (Å²) in [5.41, 5.74) is 1.51. The van der Waals surface area contributed by atoms with Crippen LogP contribution >= 0.6 is 0 Å². The molecule has 106 heavy (non-hydrogen) atoms. The summed E-state index contributed by atoms with van der Waals surface area (Å²) in [7, 11) is 0. The molecular weight excluding hydrogens is 1340 g/mol. The van der Waals surface area contributed by atoms with E-state index < -0.39 is 17.1 Å². The fraction of sp³-hybridized carbons (Fsp3) is 0.854. The number of carbonyl (C=O) groups excluding carboxylic acids is 3. The average Bonchev–Trinajstić information content (AvgIpc) is 0.791. The lowest BCUT2D eigenvalue weighted by Crippen LogP contribution is -2.54. The van der Waals surface area contributed by atoms with Crippen LogP contribution in [0.15, 0.2) is 44.7 Å². The van der Waals surface area contributed by atoms with Crippen molar-refractivity contribution in [2.45, 2.75) is 422 Å². The molecule has 1 aromatic rings. The van der Waals surface area contributed by atoms with Crippen molar-refractivity contribution in [2.75, 3.05) is 26.4 Å². The molecule has 0 saturated heterocycles. The second kappa shape index (κ2) is 46.9. The average molecular weight is 1480 g/mol. The Hall–Kier alpha value is -6.36. The van der Waals surface area contributed by atoms with E-state index in [2.05, 4.69) is 26.3 Å². The number of aromatic nitrogens is 3. The second-order valence-corrected chi connectivity index (χ2v) is 32.5. The van der Waals surface area contributed by atoms with E-state index in [0.717, 1.165) is 281 Å². The van der Waals surface area contributed by atoms with Gasteiger partial charge in [-0.3, -0.25) is 4.99 Å². The first-order valence-corrected chi connectivity index (χ1v) is 43.7. The Bertz CT molecular complexity index is 3020. The fourth-order valence-electron chi connectivity index (χ4n) is 17.7. The standard InChI is InChI=1S/C82H137N15O9/c98-74(95(71-52-28-13-29-53-71)77(87-66-42-18-8-19-43-66)104-64-86-65-40-16-7-17-41-65)83-58-34-1-4-37-61-92-80(101)93(62-38-5-2-35-59-84-75(99)96(72-54-30-14-31-55-72)78(88-67-44-20-9-21-45-67)105-90-69-48-24-11-25-49-69)82(103)94(81(92)102)63-39-6-3-36-60-85-76(100)97(73-56-32-15-33-57-73)79(89-68-46-22-10-23-47-68)106-91-70-50-26-12-27-51-70/h66-68,71-73H,1-64H2,(H,83,98)(H,84,99)(H,85,100)/b87-77-,88-78-,89-79-. The Morgan fingerprint density at radius 3 is 0.906 bits per heavy atom. The lowest BCUT2D eigenvalue weighted by Gasteiger charge is -2.34. The summed E-state index contributed by atoms with van der Waals surface area (Å²) in [6.07, 6.45) is 55.5. The molecule has 10 rings (SSSR count). The van der Waals surface area contributed by atoms with Gasteiger partial charge in [0.2, 0.25) is 0 Å². The number of amidine groups is 3. The molecule has 3 N–H and O–H groups in total. The first-order chi connectivity index (χ1) is 52.2. The number of nitrogens with one attached hydrogen (secondary N) is 3. The molecule has 0 aromatic carbocycles. The van der Waals surface area contributed by atoms with Crippen molar-refractivity contribution in [1.82, 2.24) is 44.4 Å². The van der Waals surface area contributed by atoms with Gasteiger partial charge in [-0.1, -0.05) is 184 Å². The van der Waals surface area contributed by atoms with Gasteiger partial charge in [0, 0.05) is 63.1 Å². The van der Waals surface area contributed by atoms with E-state index in [4.69, 9.17) is 34.4 Å². The number of amides is 6. The lowest BCUT2D eigenvalue weighted by molar-refractivity contribution is 0.164. The maximum Gasteiger partial charge on any atom is 0.336 e. The molecule has 0 spiro atoms. The number of urea groups is 3. The minimum Gasteiger partial charge on any atom is -0.442 e.